The fourth-order valence-corrected chi connectivity index (χ4v) is 1.74. The van der Waals surface area contributed by atoms with Gasteiger partial charge in [0.2, 0.25) is 0 Å². The number of aryl methyl sites for hydroxylation is 1. The van der Waals surface area contributed by atoms with E-state index in [1.54, 1.807) is 6.92 Å². The average molecular weight is 289 g/mol. The van der Waals surface area contributed by atoms with Crippen LogP contribution in [0.5, 0.6) is 5.75 Å². The zero-order valence-corrected chi connectivity index (χ0v) is 11.1. The number of carboxylic acids is 1. The topological polar surface area (TPSA) is 86.6 Å². The number of nitrogens with one attached hydrogen (secondary N) is 1. The van der Waals surface area contributed by atoms with Crippen molar-refractivity contribution in [3.63, 3.8) is 0 Å². The van der Waals surface area contributed by atoms with E-state index in [9.17, 15) is 19.1 Å². The molecule has 1 amide bonds. The van der Waals surface area contributed by atoms with Crippen LogP contribution < -0.4 is 5.32 Å². The molecule has 0 aromatic heterocycles. The number of halogens is 1. The molecule has 2 rings (SSSR count). The molecular formula is C15H12FNO4. The minimum absolute atomic E-state index is 0.0588. The maximum Gasteiger partial charge on any atom is 0.335 e. The first-order valence-corrected chi connectivity index (χ1v) is 6.02. The number of anilines is 1. The monoisotopic (exact) mass is 289 g/mol. The molecule has 0 bridgehead atoms. The number of aromatic hydroxyl groups is 1. The predicted molar refractivity (Wildman–Crippen MR) is 74.2 cm³/mol. The molecule has 2 aromatic carbocycles. The molecule has 3 N–H and O–H groups in total. The predicted octanol–water partition coefficient (Wildman–Crippen LogP) is 2.79. The summed E-state index contributed by atoms with van der Waals surface area (Å²) in [6.07, 6.45) is 0. The van der Waals surface area contributed by atoms with E-state index in [1.165, 1.54) is 30.3 Å². The summed E-state index contributed by atoms with van der Waals surface area (Å²) in [6.45, 7) is 1.63. The molecule has 0 atom stereocenters. The number of carbonyl (C=O) groups is 2. The van der Waals surface area contributed by atoms with Crippen molar-refractivity contribution in [3.8, 4) is 5.75 Å². The van der Waals surface area contributed by atoms with Gasteiger partial charge in [-0.15, -0.1) is 0 Å². The van der Waals surface area contributed by atoms with Crippen molar-refractivity contribution in [3.05, 3.63) is 58.9 Å². The largest absolute Gasteiger partial charge is 0.508 e. The fraction of sp³-hybridized carbons (Fsp3) is 0.0667. The second-order valence-corrected chi connectivity index (χ2v) is 4.46. The maximum atomic E-state index is 13.7. The number of hydrogen-bond donors (Lipinski definition) is 3. The Morgan fingerprint density at radius 2 is 1.76 bits per heavy atom. The second kappa shape index (κ2) is 5.62. The zero-order chi connectivity index (χ0) is 15.6. The van der Waals surface area contributed by atoms with Gasteiger partial charge in [-0.2, -0.15) is 0 Å². The van der Waals surface area contributed by atoms with E-state index in [1.807, 2.05) is 0 Å². The third kappa shape index (κ3) is 3.17. The van der Waals surface area contributed by atoms with Gasteiger partial charge >= 0.3 is 5.97 Å². The number of amides is 1. The number of aromatic carboxylic acids is 1. The van der Waals surface area contributed by atoms with E-state index >= 15 is 0 Å². The van der Waals surface area contributed by atoms with Gasteiger partial charge in [-0.05, 0) is 48.9 Å². The highest BCUT2D eigenvalue weighted by Crippen LogP contribution is 2.20. The molecule has 21 heavy (non-hydrogen) atoms. The molecule has 5 nitrogen and oxygen atoms in total. The number of phenolic OH excluding ortho intramolecular Hbond substituents is 1. The first kappa shape index (κ1) is 14.5. The molecule has 0 saturated carbocycles. The molecule has 0 aliphatic carbocycles. The number of carboxylic acid groups (broad SMARTS) is 1. The normalized spacial score (nSPS) is 10.2. The van der Waals surface area contributed by atoms with Gasteiger partial charge in [0.1, 0.15) is 11.6 Å². The van der Waals surface area contributed by atoms with Crippen LogP contribution in [-0.4, -0.2) is 22.1 Å². The zero-order valence-electron chi connectivity index (χ0n) is 11.1. The lowest BCUT2D eigenvalue weighted by molar-refractivity contribution is 0.0696. The van der Waals surface area contributed by atoms with Crippen molar-refractivity contribution in [2.24, 2.45) is 0 Å². The van der Waals surface area contributed by atoms with Crippen molar-refractivity contribution >= 4 is 17.6 Å². The summed E-state index contributed by atoms with van der Waals surface area (Å²) < 4.78 is 13.7. The van der Waals surface area contributed by atoms with Gasteiger partial charge in [0.15, 0.2) is 0 Å². The molecule has 108 valence electrons. The molecule has 0 unspecified atom stereocenters. The standard InChI is InChI=1S/C15H12FNO4/c1-8-6-9(3-5-13(8)18)14(19)17-12-4-2-10(15(20)21)7-11(12)16/h2-7,18H,1H3,(H,17,19)(H,20,21). The van der Waals surface area contributed by atoms with Gasteiger partial charge in [-0.25, -0.2) is 9.18 Å². The van der Waals surface area contributed by atoms with Crippen molar-refractivity contribution in [1.29, 1.82) is 0 Å². The van der Waals surface area contributed by atoms with Crippen LogP contribution >= 0.6 is 0 Å². The molecule has 2 aromatic rings. The fourth-order valence-electron chi connectivity index (χ4n) is 1.74. The average Bonchev–Trinajstić information content (AvgIpc) is 2.43. The first-order valence-electron chi connectivity index (χ1n) is 6.02. The maximum absolute atomic E-state index is 13.7. The second-order valence-electron chi connectivity index (χ2n) is 4.46. The number of benzene rings is 2. The van der Waals surface area contributed by atoms with Gasteiger partial charge in [-0.1, -0.05) is 0 Å². The smallest absolute Gasteiger partial charge is 0.335 e. The van der Waals surface area contributed by atoms with Crippen LogP contribution in [0.25, 0.3) is 0 Å². The van der Waals surface area contributed by atoms with Gasteiger partial charge in [0, 0.05) is 5.56 Å². The van der Waals surface area contributed by atoms with Gasteiger partial charge in [0.25, 0.3) is 5.91 Å². The summed E-state index contributed by atoms with van der Waals surface area (Å²) in [5, 5.41) is 20.5. The van der Waals surface area contributed by atoms with Crippen LogP contribution in [0.15, 0.2) is 36.4 Å². The van der Waals surface area contributed by atoms with E-state index in [-0.39, 0.29) is 22.6 Å². The molecule has 0 saturated heterocycles. The van der Waals surface area contributed by atoms with Crippen molar-refractivity contribution < 1.29 is 24.2 Å². The summed E-state index contributed by atoms with van der Waals surface area (Å²) >= 11 is 0. The Balaban J connectivity index is 2.23. The van der Waals surface area contributed by atoms with Crippen LogP contribution in [0.4, 0.5) is 10.1 Å². The highest BCUT2D eigenvalue weighted by molar-refractivity contribution is 6.04. The van der Waals surface area contributed by atoms with Crippen molar-refractivity contribution in [2.45, 2.75) is 6.92 Å². The lowest BCUT2D eigenvalue weighted by Gasteiger charge is -2.08. The summed E-state index contributed by atoms with van der Waals surface area (Å²) in [7, 11) is 0. The van der Waals surface area contributed by atoms with E-state index in [4.69, 9.17) is 5.11 Å². The quantitative estimate of drug-likeness (QED) is 0.811. The van der Waals surface area contributed by atoms with Crippen LogP contribution in [0.1, 0.15) is 26.3 Å². The molecule has 6 heteroatoms. The lowest BCUT2D eigenvalue weighted by atomic mass is 10.1. The number of phenols is 1. The highest BCUT2D eigenvalue weighted by Gasteiger charge is 2.12. The van der Waals surface area contributed by atoms with Crippen LogP contribution in [0.2, 0.25) is 0 Å². The van der Waals surface area contributed by atoms with E-state index in [0.29, 0.717) is 5.56 Å². The van der Waals surface area contributed by atoms with Gasteiger partial charge in [-0.3, -0.25) is 4.79 Å². The Labute approximate surface area is 119 Å². The third-order valence-corrected chi connectivity index (χ3v) is 2.92. The molecular weight excluding hydrogens is 277 g/mol. The molecule has 0 spiro atoms. The Kier molecular flexibility index (Phi) is 3.89. The number of hydrogen-bond acceptors (Lipinski definition) is 3. The summed E-state index contributed by atoms with van der Waals surface area (Å²) in [5.74, 6) is -2.58. The minimum Gasteiger partial charge on any atom is -0.508 e. The Bertz CT molecular complexity index is 728. The Morgan fingerprint density at radius 3 is 2.33 bits per heavy atom. The third-order valence-electron chi connectivity index (χ3n) is 2.92. The molecule has 0 aliphatic rings. The van der Waals surface area contributed by atoms with E-state index in [2.05, 4.69) is 5.32 Å². The van der Waals surface area contributed by atoms with Gasteiger partial charge in [0.05, 0.1) is 11.3 Å². The minimum atomic E-state index is -1.25. The number of rotatable bonds is 3. The highest BCUT2D eigenvalue weighted by atomic mass is 19.1. The summed E-state index contributed by atoms with van der Waals surface area (Å²) in [6, 6.07) is 7.45. The lowest BCUT2D eigenvalue weighted by Crippen LogP contribution is -2.13. The van der Waals surface area contributed by atoms with E-state index < -0.39 is 17.7 Å². The Hall–Kier alpha value is -2.89. The van der Waals surface area contributed by atoms with Crippen LogP contribution in [0.3, 0.4) is 0 Å². The van der Waals surface area contributed by atoms with Crippen molar-refractivity contribution in [2.75, 3.05) is 5.32 Å². The molecule has 0 fully saturated rings. The van der Waals surface area contributed by atoms with E-state index in [0.717, 1.165) is 6.07 Å². The van der Waals surface area contributed by atoms with Crippen molar-refractivity contribution in [1.82, 2.24) is 0 Å². The summed E-state index contributed by atoms with van der Waals surface area (Å²) in [5.41, 5.74) is 0.457. The SMILES string of the molecule is Cc1cc(C(=O)Nc2ccc(C(=O)O)cc2F)ccc1O. The summed E-state index contributed by atoms with van der Waals surface area (Å²) in [4.78, 5) is 22.7. The van der Waals surface area contributed by atoms with Gasteiger partial charge < -0.3 is 15.5 Å². The molecule has 0 heterocycles. The van der Waals surface area contributed by atoms with Crippen LogP contribution in [0, 0.1) is 12.7 Å². The Morgan fingerprint density at radius 1 is 1.10 bits per heavy atom. The molecule has 0 radical (unpaired) electrons. The number of carbonyl (C=O) groups excluding carboxylic acids is 1. The van der Waals surface area contributed by atoms with Crippen LogP contribution in [-0.2, 0) is 0 Å². The first-order chi connectivity index (χ1) is 9.88. The molecule has 0 aliphatic heterocycles.